The van der Waals surface area contributed by atoms with Crippen LogP contribution in [0, 0.1) is 12.7 Å². The molecule has 0 saturated carbocycles. The van der Waals surface area contributed by atoms with Gasteiger partial charge in [-0.2, -0.15) is 5.10 Å². The number of ether oxygens (including phenoxy) is 2. The van der Waals surface area contributed by atoms with Crippen LogP contribution in [0.3, 0.4) is 0 Å². The highest BCUT2D eigenvalue weighted by atomic mass is 19.1. The first kappa shape index (κ1) is 18.9. The van der Waals surface area contributed by atoms with Crippen molar-refractivity contribution >= 4 is 0 Å². The summed E-state index contributed by atoms with van der Waals surface area (Å²) in [7, 11) is 1.62. The Morgan fingerprint density at radius 1 is 1.07 bits per heavy atom. The van der Waals surface area contributed by atoms with Crippen molar-refractivity contribution in [3.63, 3.8) is 0 Å². The van der Waals surface area contributed by atoms with Gasteiger partial charge in [-0.3, -0.25) is 4.68 Å². The molecular formula is C21H24FN3O2. The molecule has 5 nitrogen and oxygen atoms in total. The number of rotatable bonds is 9. The summed E-state index contributed by atoms with van der Waals surface area (Å²) >= 11 is 0. The molecule has 1 N–H and O–H groups in total. The van der Waals surface area contributed by atoms with Crippen molar-refractivity contribution in [1.29, 1.82) is 0 Å². The molecule has 6 heteroatoms. The van der Waals surface area contributed by atoms with Gasteiger partial charge in [0.25, 0.3) is 0 Å². The molecular weight excluding hydrogens is 345 g/mol. The van der Waals surface area contributed by atoms with Gasteiger partial charge in [-0.1, -0.05) is 18.2 Å². The van der Waals surface area contributed by atoms with Crippen LogP contribution in [-0.4, -0.2) is 23.4 Å². The second-order valence-corrected chi connectivity index (χ2v) is 6.36. The molecule has 0 aliphatic rings. The van der Waals surface area contributed by atoms with E-state index < -0.39 is 0 Å². The Morgan fingerprint density at radius 2 is 1.85 bits per heavy atom. The van der Waals surface area contributed by atoms with Crippen LogP contribution in [0.1, 0.15) is 16.7 Å². The summed E-state index contributed by atoms with van der Waals surface area (Å²) in [6.45, 7) is 4.77. The molecule has 142 valence electrons. The molecule has 2 aromatic carbocycles. The first-order chi connectivity index (χ1) is 13.1. The van der Waals surface area contributed by atoms with Crippen molar-refractivity contribution in [2.75, 3.05) is 13.7 Å². The number of halogens is 1. The van der Waals surface area contributed by atoms with Crippen molar-refractivity contribution in [2.45, 2.75) is 26.6 Å². The van der Waals surface area contributed by atoms with Gasteiger partial charge in [-0.25, -0.2) is 4.39 Å². The number of aromatic nitrogens is 2. The van der Waals surface area contributed by atoms with Gasteiger partial charge < -0.3 is 14.8 Å². The van der Waals surface area contributed by atoms with Crippen LogP contribution in [-0.2, 0) is 19.7 Å². The lowest BCUT2D eigenvalue weighted by Gasteiger charge is -2.13. The molecule has 0 spiro atoms. The average Bonchev–Trinajstić information content (AvgIpc) is 3.10. The third-order valence-corrected chi connectivity index (χ3v) is 4.14. The van der Waals surface area contributed by atoms with Crippen molar-refractivity contribution in [1.82, 2.24) is 15.1 Å². The highest BCUT2D eigenvalue weighted by Crippen LogP contribution is 2.28. The van der Waals surface area contributed by atoms with Crippen LogP contribution >= 0.6 is 0 Å². The minimum absolute atomic E-state index is 0.254. The summed E-state index contributed by atoms with van der Waals surface area (Å²) in [5.41, 5.74) is 3.17. The fraction of sp³-hybridized carbons (Fsp3) is 0.286. The van der Waals surface area contributed by atoms with Crippen molar-refractivity contribution < 1.29 is 13.9 Å². The van der Waals surface area contributed by atoms with E-state index in [4.69, 9.17) is 9.47 Å². The van der Waals surface area contributed by atoms with Crippen LogP contribution in [0.5, 0.6) is 11.5 Å². The Kier molecular flexibility index (Phi) is 6.44. The van der Waals surface area contributed by atoms with Gasteiger partial charge in [0.15, 0.2) is 11.5 Å². The van der Waals surface area contributed by atoms with Crippen LogP contribution in [0.15, 0.2) is 54.9 Å². The number of hydrogen-bond acceptors (Lipinski definition) is 4. The van der Waals surface area contributed by atoms with Gasteiger partial charge in [0.1, 0.15) is 12.4 Å². The Balaban J connectivity index is 1.51. The van der Waals surface area contributed by atoms with Crippen molar-refractivity contribution in [3.05, 3.63) is 77.4 Å². The standard InChI is InChI=1S/C21H24FN3O2/c1-16-12-24-25(14-16)10-9-23-13-18-5-8-20(21(11-18)26-2)27-15-17-3-6-19(22)7-4-17/h3-8,11-12,14,23H,9-10,13,15H2,1-2H3. The number of benzene rings is 2. The van der Waals surface area contributed by atoms with Crippen molar-refractivity contribution in [3.8, 4) is 11.5 Å². The second kappa shape index (κ2) is 9.19. The molecule has 3 aromatic rings. The van der Waals surface area contributed by atoms with E-state index >= 15 is 0 Å². The zero-order valence-corrected chi connectivity index (χ0v) is 15.6. The van der Waals surface area contributed by atoms with E-state index in [1.807, 2.05) is 42.2 Å². The molecule has 1 heterocycles. The molecule has 0 fully saturated rings. The zero-order chi connectivity index (χ0) is 19.1. The SMILES string of the molecule is COc1cc(CNCCn2cc(C)cn2)ccc1OCc1ccc(F)cc1. The Hall–Kier alpha value is -2.86. The monoisotopic (exact) mass is 369 g/mol. The minimum Gasteiger partial charge on any atom is -0.493 e. The fourth-order valence-electron chi connectivity index (χ4n) is 2.70. The molecule has 0 atom stereocenters. The van der Waals surface area contributed by atoms with Gasteiger partial charge in [-0.05, 0) is 47.9 Å². The highest BCUT2D eigenvalue weighted by Gasteiger charge is 2.07. The van der Waals surface area contributed by atoms with E-state index in [0.29, 0.717) is 18.1 Å². The second-order valence-electron chi connectivity index (χ2n) is 6.36. The fourth-order valence-corrected chi connectivity index (χ4v) is 2.70. The van der Waals surface area contributed by atoms with Crippen molar-refractivity contribution in [2.24, 2.45) is 0 Å². The predicted molar refractivity (Wildman–Crippen MR) is 102 cm³/mol. The third-order valence-electron chi connectivity index (χ3n) is 4.14. The van der Waals surface area contributed by atoms with E-state index in [1.165, 1.54) is 12.1 Å². The topological polar surface area (TPSA) is 48.3 Å². The molecule has 0 radical (unpaired) electrons. The molecule has 3 rings (SSSR count). The van der Waals surface area contributed by atoms with Crippen LogP contribution in [0.2, 0.25) is 0 Å². The summed E-state index contributed by atoms with van der Waals surface area (Å²) in [5.74, 6) is 1.09. The third kappa shape index (κ3) is 5.56. The predicted octanol–water partition coefficient (Wildman–Crippen LogP) is 3.71. The molecule has 0 bridgehead atoms. The summed E-state index contributed by atoms with van der Waals surface area (Å²) in [6, 6.07) is 12.1. The quantitative estimate of drug-likeness (QED) is 0.584. The highest BCUT2D eigenvalue weighted by molar-refractivity contribution is 5.43. The van der Waals surface area contributed by atoms with E-state index in [-0.39, 0.29) is 5.82 Å². The smallest absolute Gasteiger partial charge is 0.161 e. The largest absolute Gasteiger partial charge is 0.493 e. The van der Waals surface area contributed by atoms with Crippen LogP contribution in [0.25, 0.3) is 0 Å². The molecule has 0 amide bonds. The maximum atomic E-state index is 13.0. The Morgan fingerprint density at radius 3 is 2.56 bits per heavy atom. The normalized spacial score (nSPS) is 10.8. The summed E-state index contributed by atoms with van der Waals surface area (Å²) in [4.78, 5) is 0. The first-order valence-electron chi connectivity index (χ1n) is 8.88. The minimum atomic E-state index is -0.254. The van der Waals surface area contributed by atoms with Crippen LogP contribution < -0.4 is 14.8 Å². The molecule has 1 aromatic heterocycles. The average molecular weight is 369 g/mol. The summed E-state index contributed by atoms with van der Waals surface area (Å²) in [5, 5.41) is 7.67. The number of hydrogen-bond donors (Lipinski definition) is 1. The lowest BCUT2D eigenvalue weighted by molar-refractivity contribution is 0.284. The van der Waals surface area contributed by atoms with Gasteiger partial charge in [0.05, 0.1) is 19.9 Å². The van der Waals surface area contributed by atoms with Gasteiger partial charge in [-0.15, -0.1) is 0 Å². The van der Waals surface area contributed by atoms with Gasteiger partial charge in [0, 0.05) is 19.3 Å². The summed E-state index contributed by atoms with van der Waals surface area (Å²) in [6.07, 6.45) is 3.88. The zero-order valence-electron chi connectivity index (χ0n) is 15.6. The lowest BCUT2D eigenvalue weighted by atomic mass is 10.2. The Labute approximate surface area is 158 Å². The number of aryl methyl sites for hydroxylation is 1. The van der Waals surface area contributed by atoms with E-state index in [9.17, 15) is 4.39 Å². The lowest BCUT2D eigenvalue weighted by Crippen LogP contribution is -2.19. The number of nitrogens with one attached hydrogen (secondary N) is 1. The van der Waals surface area contributed by atoms with Crippen LogP contribution in [0.4, 0.5) is 4.39 Å². The van der Waals surface area contributed by atoms with E-state index in [2.05, 4.69) is 10.4 Å². The number of methoxy groups -OCH3 is 1. The molecule has 0 aliphatic carbocycles. The molecule has 0 unspecified atom stereocenters. The van der Waals surface area contributed by atoms with Gasteiger partial charge >= 0.3 is 0 Å². The molecule has 0 saturated heterocycles. The number of nitrogens with zero attached hydrogens (tertiary/aromatic N) is 2. The summed E-state index contributed by atoms with van der Waals surface area (Å²) < 4.78 is 26.2. The first-order valence-corrected chi connectivity index (χ1v) is 8.88. The maximum Gasteiger partial charge on any atom is 0.161 e. The van der Waals surface area contributed by atoms with Gasteiger partial charge in [0.2, 0.25) is 0 Å². The van der Waals surface area contributed by atoms with E-state index in [0.717, 1.165) is 36.3 Å². The molecule has 0 aliphatic heterocycles. The maximum absolute atomic E-state index is 13.0. The Bertz CT molecular complexity index is 862. The molecule has 27 heavy (non-hydrogen) atoms. The van der Waals surface area contributed by atoms with E-state index in [1.54, 1.807) is 19.2 Å².